The summed E-state index contributed by atoms with van der Waals surface area (Å²) in [6.45, 7) is 2.23. The van der Waals surface area contributed by atoms with Gasteiger partial charge < -0.3 is 25.8 Å². The first-order valence-corrected chi connectivity index (χ1v) is 13.3. The number of nitrogens with zero attached hydrogens (tertiary/aromatic N) is 4. The second-order valence-electron chi connectivity index (χ2n) is 11.0. The fraction of sp³-hybridized carbons (Fsp3) is 0.444. The normalized spacial score (nSPS) is 25.0. The molecule has 3 aliphatic carbocycles. The molecule has 3 saturated carbocycles. The molecule has 3 aromatic rings. The molecule has 1 unspecified atom stereocenters. The summed E-state index contributed by atoms with van der Waals surface area (Å²) in [5.41, 5.74) is 0.649. The van der Waals surface area contributed by atoms with Crippen molar-refractivity contribution in [2.75, 3.05) is 11.9 Å². The number of aliphatic carboxylic acids is 1. The van der Waals surface area contributed by atoms with Gasteiger partial charge in [-0.1, -0.05) is 6.07 Å². The van der Waals surface area contributed by atoms with Crippen LogP contribution in [-0.2, 0) is 16.1 Å². The number of carboxylic acids is 1. The third kappa shape index (κ3) is 4.50. The fourth-order valence-corrected chi connectivity index (χ4v) is 5.94. The Morgan fingerprint density at radius 3 is 2.58 bits per heavy atom. The van der Waals surface area contributed by atoms with Gasteiger partial charge in [-0.3, -0.25) is 19.2 Å². The van der Waals surface area contributed by atoms with Gasteiger partial charge in [0, 0.05) is 19.2 Å². The van der Waals surface area contributed by atoms with Crippen molar-refractivity contribution in [2.45, 2.75) is 58.1 Å². The summed E-state index contributed by atoms with van der Waals surface area (Å²) in [4.78, 5) is 58.3. The second-order valence-corrected chi connectivity index (χ2v) is 11.0. The zero-order valence-electron chi connectivity index (χ0n) is 21.9. The molecule has 13 heteroatoms. The molecule has 2 aromatic heterocycles. The standard InChI is InChI=1S/C27H29N7O6/c1-15-21(35)32-17-10-16(2-3-20(17)40-15)12-28-22(36)18-11-19(34-25(33-18)30-14-31-34)23(37)29-13-26-4-7-27(8-5-26,9-6-26)24(38)39/h2-3,10-11,14-15H,4-9,12-13H2,1H3,(H,28,36)(H,29,37)(H,32,35)(H,38,39). The van der Waals surface area contributed by atoms with Gasteiger partial charge in [0.05, 0.1) is 11.1 Å². The van der Waals surface area contributed by atoms with Crippen LogP contribution in [0.25, 0.3) is 5.78 Å². The Hall–Kier alpha value is -4.55. The first-order chi connectivity index (χ1) is 19.2. The zero-order valence-corrected chi connectivity index (χ0v) is 21.9. The van der Waals surface area contributed by atoms with Crippen LogP contribution in [-0.4, -0.2) is 61.0 Å². The number of carbonyl (C=O) groups is 4. The number of carboxylic acid groups (broad SMARTS) is 1. The molecular formula is C27H29N7O6. The number of amides is 3. The van der Waals surface area contributed by atoms with Gasteiger partial charge >= 0.3 is 5.97 Å². The lowest BCUT2D eigenvalue weighted by molar-refractivity contribution is -0.158. The van der Waals surface area contributed by atoms with E-state index in [-0.39, 0.29) is 35.0 Å². The molecule has 3 amide bonds. The minimum Gasteiger partial charge on any atom is -0.481 e. The number of fused-ring (bicyclic) bond motifs is 5. The molecule has 0 radical (unpaired) electrons. The fourth-order valence-electron chi connectivity index (χ4n) is 5.94. The average Bonchev–Trinajstić information content (AvgIpc) is 3.44. The van der Waals surface area contributed by atoms with Crippen LogP contribution in [0.5, 0.6) is 5.75 Å². The molecule has 2 bridgehead atoms. The number of rotatable bonds is 7. The smallest absolute Gasteiger partial charge is 0.309 e. The highest BCUT2D eigenvalue weighted by molar-refractivity contribution is 5.99. The summed E-state index contributed by atoms with van der Waals surface area (Å²) in [5.74, 6) is -1.22. The quantitative estimate of drug-likeness (QED) is 0.344. The Morgan fingerprint density at radius 1 is 1.10 bits per heavy atom. The number of hydrogen-bond acceptors (Lipinski definition) is 8. The Balaban J connectivity index is 1.14. The Morgan fingerprint density at radius 2 is 1.85 bits per heavy atom. The van der Waals surface area contributed by atoms with E-state index in [2.05, 4.69) is 31.0 Å². The lowest BCUT2D eigenvalue weighted by atomic mass is 9.53. The highest BCUT2D eigenvalue weighted by Crippen LogP contribution is 2.56. The van der Waals surface area contributed by atoms with Crippen molar-refractivity contribution >= 4 is 35.2 Å². The maximum Gasteiger partial charge on any atom is 0.309 e. The first kappa shape index (κ1) is 25.7. The van der Waals surface area contributed by atoms with Crippen molar-refractivity contribution in [3.05, 3.63) is 47.5 Å². The molecule has 1 atom stereocenters. The monoisotopic (exact) mass is 547 g/mol. The largest absolute Gasteiger partial charge is 0.481 e. The van der Waals surface area contributed by atoms with Crippen molar-refractivity contribution in [2.24, 2.45) is 10.8 Å². The van der Waals surface area contributed by atoms with E-state index in [0.29, 0.717) is 37.2 Å². The van der Waals surface area contributed by atoms with Crippen LogP contribution in [0.2, 0.25) is 0 Å². The van der Waals surface area contributed by atoms with E-state index in [1.807, 2.05) is 0 Å². The van der Waals surface area contributed by atoms with Crippen LogP contribution in [0.1, 0.15) is 72.0 Å². The summed E-state index contributed by atoms with van der Waals surface area (Å²) in [6.07, 6.45) is 4.79. The predicted molar refractivity (Wildman–Crippen MR) is 140 cm³/mol. The molecule has 1 aliphatic heterocycles. The molecule has 40 heavy (non-hydrogen) atoms. The van der Waals surface area contributed by atoms with Crippen molar-refractivity contribution in [3.8, 4) is 5.75 Å². The van der Waals surface area contributed by atoms with Crippen LogP contribution in [0.15, 0.2) is 30.6 Å². The van der Waals surface area contributed by atoms with Gasteiger partial charge in [0.2, 0.25) is 0 Å². The van der Waals surface area contributed by atoms with E-state index in [0.717, 1.165) is 24.8 Å². The minimum absolute atomic E-state index is 0.00816. The lowest BCUT2D eigenvalue weighted by Gasteiger charge is -2.51. The molecule has 1 aromatic carbocycles. The van der Waals surface area contributed by atoms with Gasteiger partial charge in [-0.2, -0.15) is 14.6 Å². The summed E-state index contributed by atoms with van der Waals surface area (Å²) < 4.78 is 6.85. The number of aromatic nitrogens is 4. The molecule has 3 heterocycles. The maximum atomic E-state index is 13.3. The topological polar surface area (TPSA) is 177 Å². The minimum atomic E-state index is -0.719. The molecule has 3 fully saturated rings. The van der Waals surface area contributed by atoms with E-state index in [4.69, 9.17) is 4.74 Å². The molecular weight excluding hydrogens is 518 g/mol. The van der Waals surface area contributed by atoms with E-state index < -0.39 is 29.3 Å². The van der Waals surface area contributed by atoms with Gasteiger partial charge in [0.15, 0.2) is 6.10 Å². The van der Waals surface area contributed by atoms with E-state index >= 15 is 0 Å². The highest BCUT2D eigenvalue weighted by atomic mass is 16.5. The van der Waals surface area contributed by atoms with Gasteiger partial charge in [0.25, 0.3) is 23.5 Å². The Labute approximate surface area is 228 Å². The number of anilines is 1. The lowest BCUT2D eigenvalue weighted by Crippen LogP contribution is -2.50. The van der Waals surface area contributed by atoms with Gasteiger partial charge in [-0.25, -0.2) is 4.98 Å². The molecule has 7 rings (SSSR count). The molecule has 0 saturated heterocycles. The van der Waals surface area contributed by atoms with Gasteiger partial charge in [-0.05, 0) is 68.6 Å². The van der Waals surface area contributed by atoms with Crippen molar-refractivity contribution < 1.29 is 29.0 Å². The summed E-state index contributed by atoms with van der Waals surface area (Å²) in [6, 6.07) is 6.62. The van der Waals surface area contributed by atoms with Crippen LogP contribution in [0.4, 0.5) is 5.69 Å². The first-order valence-electron chi connectivity index (χ1n) is 13.3. The van der Waals surface area contributed by atoms with Crippen molar-refractivity contribution in [1.82, 2.24) is 30.2 Å². The van der Waals surface area contributed by atoms with Gasteiger partial charge in [0.1, 0.15) is 23.5 Å². The van der Waals surface area contributed by atoms with E-state index in [1.165, 1.54) is 16.9 Å². The average molecular weight is 548 g/mol. The number of carbonyl (C=O) groups excluding carboxylic acids is 3. The summed E-state index contributed by atoms with van der Waals surface area (Å²) in [5, 5.41) is 22.3. The molecule has 208 valence electrons. The van der Waals surface area contributed by atoms with Crippen LogP contribution >= 0.6 is 0 Å². The molecule has 4 aliphatic rings. The van der Waals surface area contributed by atoms with Crippen LogP contribution in [0.3, 0.4) is 0 Å². The van der Waals surface area contributed by atoms with Crippen LogP contribution < -0.4 is 20.7 Å². The molecule has 13 nitrogen and oxygen atoms in total. The molecule has 0 spiro atoms. The number of ether oxygens (including phenoxy) is 1. The highest BCUT2D eigenvalue weighted by Gasteiger charge is 2.52. The summed E-state index contributed by atoms with van der Waals surface area (Å²) in [7, 11) is 0. The predicted octanol–water partition coefficient (Wildman–Crippen LogP) is 1.93. The van der Waals surface area contributed by atoms with Crippen LogP contribution in [0, 0.1) is 10.8 Å². The van der Waals surface area contributed by atoms with Crippen molar-refractivity contribution in [3.63, 3.8) is 0 Å². The van der Waals surface area contributed by atoms with Crippen molar-refractivity contribution in [1.29, 1.82) is 0 Å². The second kappa shape index (κ2) is 9.57. The maximum absolute atomic E-state index is 13.3. The van der Waals surface area contributed by atoms with Gasteiger partial charge in [-0.15, -0.1) is 0 Å². The number of hydrogen-bond donors (Lipinski definition) is 4. The molecule has 4 N–H and O–H groups in total. The third-order valence-electron chi connectivity index (χ3n) is 8.62. The number of nitrogens with one attached hydrogen (secondary N) is 3. The SMILES string of the molecule is CC1Oc2ccc(CNC(=O)c3cc(C(=O)NCC45CCC(C(=O)O)(CC4)CC5)n4ncnc4n3)cc2NC1=O. The third-order valence-corrected chi connectivity index (χ3v) is 8.62. The summed E-state index contributed by atoms with van der Waals surface area (Å²) >= 11 is 0. The zero-order chi connectivity index (χ0) is 28.1. The Kier molecular flexibility index (Phi) is 6.15. The van der Waals surface area contributed by atoms with E-state index in [1.54, 1.807) is 25.1 Å². The van der Waals surface area contributed by atoms with E-state index in [9.17, 15) is 24.3 Å². The Bertz CT molecular complexity index is 1520. The number of benzene rings is 1.